The van der Waals surface area contributed by atoms with Crippen molar-refractivity contribution in [3.8, 4) is 5.75 Å². The molecule has 5 rings (SSSR count). The van der Waals surface area contributed by atoms with Gasteiger partial charge in [0.05, 0.1) is 17.6 Å². The van der Waals surface area contributed by atoms with Crippen molar-refractivity contribution < 1.29 is 9.53 Å². The summed E-state index contributed by atoms with van der Waals surface area (Å²) in [6, 6.07) is 17.2. The number of imidazole rings is 1. The molecule has 5 nitrogen and oxygen atoms in total. The Kier molecular flexibility index (Phi) is 5.90. The van der Waals surface area contributed by atoms with Gasteiger partial charge in [0.15, 0.2) is 0 Å². The second-order valence-corrected chi connectivity index (χ2v) is 9.54. The lowest BCUT2D eigenvalue weighted by atomic mass is 10.0. The highest BCUT2D eigenvalue weighted by atomic mass is 16.5. The van der Waals surface area contributed by atoms with Crippen LogP contribution in [0.2, 0.25) is 0 Å². The molecule has 1 atom stereocenters. The van der Waals surface area contributed by atoms with Crippen LogP contribution in [0.4, 0.5) is 0 Å². The van der Waals surface area contributed by atoms with Crippen molar-refractivity contribution in [3.63, 3.8) is 0 Å². The molecule has 0 bridgehead atoms. The number of hydrogen-bond donors (Lipinski definition) is 0. The van der Waals surface area contributed by atoms with E-state index in [-0.39, 0.29) is 5.92 Å². The van der Waals surface area contributed by atoms with Crippen LogP contribution in [0.5, 0.6) is 5.75 Å². The van der Waals surface area contributed by atoms with E-state index in [1.807, 2.05) is 12.1 Å². The van der Waals surface area contributed by atoms with Crippen molar-refractivity contribution in [1.29, 1.82) is 0 Å². The molecule has 0 radical (unpaired) electrons. The number of hydrogen-bond acceptors (Lipinski definition) is 3. The minimum absolute atomic E-state index is 0.199. The molecule has 1 aliphatic carbocycles. The largest absolute Gasteiger partial charge is 0.493 e. The van der Waals surface area contributed by atoms with Crippen LogP contribution < -0.4 is 4.74 Å². The normalized spacial score (nSPS) is 18.8. The summed E-state index contributed by atoms with van der Waals surface area (Å²) in [5.74, 6) is 3.03. The van der Waals surface area contributed by atoms with Crippen LogP contribution in [0.1, 0.15) is 69.2 Å². The van der Waals surface area contributed by atoms with Gasteiger partial charge in [-0.3, -0.25) is 4.79 Å². The topological polar surface area (TPSA) is 47.4 Å². The van der Waals surface area contributed by atoms with Gasteiger partial charge in [0.25, 0.3) is 0 Å². The Bertz CT molecular complexity index is 1100. The second kappa shape index (κ2) is 8.97. The first kappa shape index (κ1) is 21.0. The first-order valence-corrected chi connectivity index (χ1v) is 12.1. The Hall–Kier alpha value is -2.82. The summed E-state index contributed by atoms with van der Waals surface area (Å²) in [5, 5.41) is 0. The Morgan fingerprint density at radius 2 is 1.84 bits per heavy atom. The maximum Gasteiger partial charge on any atom is 0.223 e. The highest BCUT2D eigenvalue weighted by Crippen LogP contribution is 2.37. The van der Waals surface area contributed by atoms with Crippen LogP contribution in [0.15, 0.2) is 48.5 Å². The number of amides is 1. The molecular formula is C27H33N3O2. The van der Waals surface area contributed by atoms with E-state index < -0.39 is 0 Å². The average Bonchev–Trinajstić information content (AvgIpc) is 3.47. The van der Waals surface area contributed by atoms with Gasteiger partial charge in [-0.15, -0.1) is 0 Å². The molecule has 1 aliphatic heterocycles. The zero-order valence-corrected chi connectivity index (χ0v) is 19.2. The molecule has 5 heteroatoms. The van der Waals surface area contributed by atoms with Gasteiger partial charge in [0.1, 0.15) is 11.6 Å². The lowest BCUT2D eigenvalue weighted by molar-refractivity contribution is -0.128. The molecule has 3 aromatic rings. The Balaban J connectivity index is 1.25. The first-order valence-electron chi connectivity index (χ1n) is 12.1. The minimum Gasteiger partial charge on any atom is -0.493 e. The Morgan fingerprint density at radius 3 is 2.66 bits per heavy atom. The van der Waals surface area contributed by atoms with E-state index in [9.17, 15) is 4.79 Å². The molecule has 1 aromatic heterocycles. The van der Waals surface area contributed by atoms with Crippen molar-refractivity contribution in [1.82, 2.24) is 14.5 Å². The van der Waals surface area contributed by atoms with Gasteiger partial charge in [-0.2, -0.15) is 0 Å². The first-order chi connectivity index (χ1) is 15.6. The van der Waals surface area contributed by atoms with Crippen LogP contribution >= 0.6 is 0 Å². The van der Waals surface area contributed by atoms with Gasteiger partial charge in [-0.25, -0.2) is 4.98 Å². The minimum atomic E-state index is 0.199. The van der Waals surface area contributed by atoms with E-state index in [0.29, 0.717) is 30.9 Å². The number of carbonyl (C=O) groups excluding carboxylic acids is 1. The van der Waals surface area contributed by atoms with Gasteiger partial charge in [-0.1, -0.05) is 44.2 Å². The molecule has 2 heterocycles. The average molecular weight is 432 g/mol. The second-order valence-electron chi connectivity index (χ2n) is 9.54. The molecular weight excluding hydrogens is 398 g/mol. The van der Waals surface area contributed by atoms with Crippen molar-refractivity contribution in [2.45, 2.75) is 70.4 Å². The van der Waals surface area contributed by atoms with Crippen LogP contribution in [0, 0.1) is 0 Å². The monoisotopic (exact) mass is 431 g/mol. The number of benzene rings is 2. The van der Waals surface area contributed by atoms with Crippen LogP contribution in [0.3, 0.4) is 0 Å². The summed E-state index contributed by atoms with van der Waals surface area (Å²) in [5.41, 5.74) is 3.47. The fourth-order valence-corrected chi connectivity index (χ4v) is 4.93. The van der Waals surface area contributed by atoms with E-state index in [0.717, 1.165) is 55.9 Å². The molecule has 1 saturated carbocycles. The smallest absolute Gasteiger partial charge is 0.223 e. The van der Waals surface area contributed by atoms with Crippen LogP contribution in [0.25, 0.3) is 11.0 Å². The quantitative estimate of drug-likeness (QED) is 0.421. The summed E-state index contributed by atoms with van der Waals surface area (Å²) in [4.78, 5) is 19.6. The number of nitrogens with zero attached hydrogens (tertiary/aromatic N) is 3. The third-order valence-electron chi connectivity index (χ3n) is 6.77. The molecule has 0 spiro atoms. The number of likely N-dealkylation sites (tertiary alicyclic amines) is 1. The van der Waals surface area contributed by atoms with Crippen molar-refractivity contribution >= 4 is 16.9 Å². The molecule has 2 aliphatic rings. The number of fused-ring (bicyclic) bond motifs is 1. The number of rotatable bonds is 9. The number of aryl methyl sites for hydroxylation is 1. The van der Waals surface area contributed by atoms with Crippen molar-refractivity contribution in [3.05, 3.63) is 59.9 Å². The van der Waals surface area contributed by atoms with E-state index in [2.05, 4.69) is 59.7 Å². The van der Waals surface area contributed by atoms with Crippen molar-refractivity contribution in [2.75, 3.05) is 13.2 Å². The SMILES string of the molecule is CC(C)c1ccccc1OCCCCn1c(C2CC(=O)N(C3CC3)C2)nc2ccccc21. The van der Waals surface area contributed by atoms with Gasteiger partial charge in [0.2, 0.25) is 5.91 Å². The van der Waals surface area contributed by atoms with Gasteiger partial charge in [-0.05, 0) is 55.4 Å². The Morgan fingerprint density at radius 1 is 1.06 bits per heavy atom. The van der Waals surface area contributed by atoms with Gasteiger partial charge in [0, 0.05) is 31.5 Å². The number of ether oxygens (including phenoxy) is 1. The summed E-state index contributed by atoms with van der Waals surface area (Å²) in [6.07, 6.45) is 4.92. The van der Waals surface area contributed by atoms with E-state index >= 15 is 0 Å². The molecule has 168 valence electrons. The standard InChI is InChI=1S/C27H33N3O2/c1-19(2)22-9-3-6-12-25(22)32-16-8-7-15-29-24-11-5-4-10-23(24)28-27(29)20-17-26(31)30(18-20)21-13-14-21/h3-6,9-12,19-21H,7-8,13-18H2,1-2H3. The molecule has 1 saturated heterocycles. The Labute approximate surface area is 190 Å². The molecule has 1 amide bonds. The number of aromatic nitrogens is 2. The van der Waals surface area contributed by atoms with Gasteiger partial charge < -0.3 is 14.2 Å². The fraction of sp³-hybridized carbons (Fsp3) is 0.481. The number of para-hydroxylation sites is 3. The molecule has 0 N–H and O–H groups in total. The molecule has 32 heavy (non-hydrogen) atoms. The van der Waals surface area contributed by atoms with Gasteiger partial charge >= 0.3 is 0 Å². The molecule has 2 fully saturated rings. The summed E-state index contributed by atoms with van der Waals surface area (Å²) >= 11 is 0. The summed E-state index contributed by atoms with van der Waals surface area (Å²) in [6.45, 7) is 6.84. The van der Waals surface area contributed by atoms with E-state index in [1.165, 1.54) is 11.1 Å². The lowest BCUT2D eigenvalue weighted by Gasteiger charge is -2.17. The van der Waals surface area contributed by atoms with E-state index in [4.69, 9.17) is 9.72 Å². The highest BCUT2D eigenvalue weighted by Gasteiger charge is 2.41. The number of carbonyl (C=O) groups is 1. The third-order valence-corrected chi connectivity index (χ3v) is 6.77. The predicted octanol–water partition coefficient (Wildman–Crippen LogP) is 5.50. The summed E-state index contributed by atoms with van der Waals surface area (Å²) < 4.78 is 8.47. The molecule has 2 aromatic carbocycles. The fourth-order valence-electron chi connectivity index (χ4n) is 4.93. The van der Waals surface area contributed by atoms with Crippen molar-refractivity contribution in [2.24, 2.45) is 0 Å². The predicted molar refractivity (Wildman–Crippen MR) is 127 cm³/mol. The summed E-state index contributed by atoms with van der Waals surface area (Å²) in [7, 11) is 0. The number of unbranched alkanes of at least 4 members (excludes halogenated alkanes) is 1. The van der Waals surface area contributed by atoms with Crippen LogP contribution in [-0.2, 0) is 11.3 Å². The highest BCUT2D eigenvalue weighted by molar-refractivity contribution is 5.81. The zero-order valence-electron chi connectivity index (χ0n) is 19.2. The lowest BCUT2D eigenvalue weighted by Crippen LogP contribution is -2.27. The van der Waals surface area contributed by atoms with Crippen LogP contribution in [-0.4, -0.2) is 39.6 Å². The molecule has 1 unspecified atom stereocenters. The third kappa shape index (κ3) is 4.25. The zero-order chi connectivity index (χ0) is 22.1. The maximum atomic E-state index is 12.5. The van der Waals surface area contributed by atoms with E-state index in [1.54, 1.807) is 0 Å². The maximum absolute atomic E-state index is 12.5.